The number of rotatable bonds is 9. The van der Waals surface area contributed by atoms with Crippen molar-refractivity contribution >= 4 is 23.5 Å². The van der Waals surface area contributed by atoms with E-state index < -0.39 is 6.04 Å². The third kappa shape index (κ3) is 6.24. The summed E-state index contributed by atoms with van der Waals surface area (Å²) in [5.41, 5.74) is 3.16. The standard InChI is InChI=1S/C21H29N3O2S/c1-14(2)12-24-16(4)15(3)22-21(24)27-13-20(26)23-19(17(5)25)11-18-9-7-6-8-10-18/h6-10,14,19H,11-13H2,1-5H3,(H,23,26). The Hall–Kier alpha value is -2.08. The highest BCUT2D eigenvalue weighted by Crippen LogP contribution is 2.22. The largest absolute Gasteiger partial charge is 0.345 e. The first-order chi connectivity index (χ1) is 12.8. The minimum atomic E-state index is -0.501. The topological polar surface area (TPSA) is 64.0 Å². The molecule has 0 fully saturated rings. The predicted molar refractivity (Wildman–Crippen MR) is 110 cm³/mol. The minimum Gasteiger partial charge on any atom is -0.345 e. The zero-order valence-corrected chi connectivity index (χ0v) is 17.6. The van der Waals surface area contributed by atoms with Crippen molar-refractivity contribution in [3.05, 3.63) is 47.3 Å². The van der Waals surface area contributed by atoms with Crippen molar-refractivity contribution < 1.29 is 9.59 Å². The van der Waals surface area contributed by atoms with E-state index in [9.17, 15) is 9.59 Å². The number of hydrogen-bond acceptors (Lipinski definition) is 4. The van der Waals surface area contributed by atoms with E-state index in [2.05, 4.69) is 35.6 Å². The molecule has 0 saturated heterocycles. The molecule has 1 aromatic heterocycles. The van der Waals surface area contributed by atoms with Gasteiger partial charge in [0.1, 0.15) is 0 Å². The van der Waals surface area contributed by atoms with Crippen molar-refractivity contribution in [3.8, 4) is 0 Å². The number of thioether (sulfide) groups is 1. The zero-order valence-electron chi connectivity index (χ0n) is 16.8. The van der Waals surface area contributed by atoms with Crippen molar-refractivity contribution in [2.75, 3.05) is 5.75 Å². The Kier molecular flexibility index (Phi) is 7.66. The SMILES string of the molecule is CC(=O)C(Cc1ccccc1)NC(=O)CSc1nc(C)c(C)n1CC(C)C. The second-order valence-corrected chi connectivity index (χ2v) is 8.22. The number of aromatic nitrogens is 2. The van der Waals surface area contributed by atoms with Crippen LogP contribution in [0.4, 0.5) is 0 Å². The third-order valence-electron chi connectivity index (χ3n) is 4.41. The van der Waals surface area contributed by atoms with Crippen LogP contribution in [0.5, 0.6) is 0 Å². The minimum absolute atomic E-state index is 0.0369. The number of ketones is 1. The molecule has 1 atom stereocenters. The highest BCUT2D eigenvalue weighted by molar-refractivity contribution is 7.99. The molecule has 0 spiro atoms. The molecule has 1 amide bonds. The molecular formula is C21H29N3O2S. The van der Waals surface area contributed by atoms with E-state index in [0.717, 1.165) is 28.7 Å². The predicted octanol–water partition coefficient (Wildman–Crippen LogP) is 3.56. The number of imidazole rings is 1. The molecule has 146 valence electrons. The van der Waals surface area contributed by atoms with Crippen LogP contribution in [0.1, 0.15) is 37.7 Å². The molecule has 27 heavy (non-hydrogen) atoms. The van der Waals surface area contributed by atoms with Crippen molar-refractivity contribution in [1.29, 1.82) is 0 Å². The molecule has 1 N–H and O–H groups in total. The Balaban J connectivity index is 1.98. The number of carbonyl (C=O) groups excluding carboxylic acids is 2. The van der Waals surface area contributed by atoms with Crippen LogP contribution in [0.25, 0.3) is 0 Å². The second-order valence-electron chi connectivity index (χ2n) is 7.28. The Bertz CT molecular complexity index is 784. The van der Waals surface area contributed by atoms with Gasteiger partial charge < -0.3 is 9.88 Å². The molecule has 0 aliphatic carbocycles. The molecule has 2 rings (SSSR count). The lowest BCUT2D eigenvalue weighted by molar-refractivity contribution is -0.125. The molecule has 2 aromatic rings. The Morgan fingerprint density at radius 2 is 1.85 bits per heavy atom. The highest BCUT2D eigenvalue weighted by Gasteiger charge is 2.19. The molecular weight excluding hydrogens is 358 g/mol. The van der Waals surface area contributed by atoms with Gasteiger partial charge in [-0.25, -0.2) is 4.98 Å². The van der Waals surface area contributed by atoms with E-state index in [1.165, 1.54) is 18.7 Å². The Morgan fingerprint density at radius 3 is 2.44 bits per heavy atom. The smallest absolute Gasteiger partial charge is 0.231 e. The van der Waals surface area contributed by atoms with Crippen LogP contribution in [0.2, 0.25) is 0 Å². The summed E-state index contributed by atoms with van der Waals surface area (Å²) in [5, 5.41) is 3.73. The van der Waals surface area contributed by atoms with Gasteiger partial charge in [0, 0.05) is 12.2 Å². The van der Waals surface area contributed by atoms with Gasteiger partial charge in [-0.3, -0.25) is 9.59 Å². The Labute approximate surface area is 166 Å². The summed E-state index contributed by atoms with van der Waals surface area (Å²) in [6, 6.07) is 9.23. The van der Waals surface area contributed by atoms with E-state index in [-0.39, 0.29) is 17.4 Å². The van der Waals surface area contributed by atoms with Crippen molar-refractivity contribution in [3.63, 3.8) is 0 Å². The monoisotopic (exact) mass is 387 g/mol. The maximum absolute atomic E-state index is 12.4. The average molecular weight is 388 g/mol. The number of amides is 1. The molecule has 0 bridgehead atoms. The lowest BCUT2D eigenvalue weighted by Gasteiger charge is -2.16. The number of benzene rings is 1. The van der Waals surface area contributed by atoms with Crippen LogP contribution in [-0.4, -0.2) is 33.0 Å². The number of nitrogens with zero attached hydrogens (tertiary/aromatic N) is 2. The Morgan fingerprint density at radius 1 is 1.19 bits per heavy atom. The van der Waals surface area contributed by atoms with Gasteiger partial charge in [0.2, 0.25) is 5.91 Å². The fourth-order valence-corrected chi connectivity index (χ4v) is 3.74. The molecule has 6 heteroatoms. The van der Waals surface area contributed by atoms with Crippen LogP contribution in [0.15, 0.2) is 35.5 Å². The molecule has 5 nitrogen and oxygen atoms in total. The van der Waals surface area contributed by atoms with Crippen LogP contribution in [0, 0.1) is 19.8 Å². The summed E-state index contributed by atoms with van der Waals surface area (Å²) in [5.74, 6) is 0.557. The van der Waals surface area contributed by atoms with Crippen LogP contribution >= 0.6 is 11.8 Å². The lowest BCUT2D eigenvalue weighted by atomic mass is 10.0. The van der Waals surface area contributed by atoms with Gasteiger partial charge >= 0.3 is 0 Å². The molecule has 0 radical (unpaired) electrons. The zero-order chi connectivity index (χ0) is 20.0. The fraction of sp³-hybridized carbons (Fsp3) is 0.476. The van der Waals surface area contributed by atoms with Crippen molar-refractivity contribution in [2.24, 2.45) is 5.92 Å². The number of aryl methyl sites for hydroxylation is 1. The summed E-state index contributed by atoms with van der Waals surface area (Å²) < 4.78 is 2.17. The van der Waals surface area contributed by atoms with Gasteiger partial charge in [0.15, 0.2) is 10.9 Å². The van der Waals surface area contributed by atoms with Gasteiger partial charge in [0.05, 0.1) is 17.5 Å². The summed E-state index contributed by atoms with van der Waals surface area (Å²) in [7, 11) is 0. The molecule has 1 aromatic carbocycles. The number of nitrogens with one attached hydrogen (secondary N) is 1. The van der Waals surface area contributed by atoms with Gasteiger partial charge in [-0.2, -0.15) is 0 Å². The maximum atomic E-state index is 12.4. The van der Waals surface area contributed by atoms with Crippen molar-refractivity contribution in [1.82, 2.24) is 14.9 Å². The first kappa shape index (κ1) is 21.2. The van der Waals surface area contributed by atoms with Crippen LogP contribution in [-0.2, 0) is 22.6 Å². The molecule has 0 saturated carbocycles. The number of hydrogen-bond donors (Lipinski definition) is 1. The molecule has 0 aliphatic heterocycles. The van der Waals surface area contributed by atoms with E-state index in [4.69, 9.17) is 0 Å². The molecule has 1 unspecified atom stereocenters. The molecule has 0 aliphatic rings. The van der Waals surface area contributed by atoms with Gasteiger partial charge in [0.25, 0.3) is 0 Å². The van der Waals surface area contributed by atoms with Gasteiger partial charge in [-0.15, -0.1) is 0 Å². The average Bonchev–Trinajstić information content (AvgIpc) is 2.87. The van der Waals surface area contributed by atoms with Gasteiger partial charge in [-0.1, -0.05) is 55.9 Å². The van der Waals surface area contributed by atoms with E-state index in [1.54, 1.807) is 0 Å². The lowest BCUT2D eigenvalue weighted by Crippen LogP contribution is -2.42. The summed E-state index contributed by atoms with van der Waals surface area (Å²) in [6.45, 7) is 10.8. The summed E-state index contributed by atoms with van der Waals surface area (Å²) >= 11 is 1.42. The summed E-state index contributed by atoms with van der Waals surface area (Å²) in [6.07, 6.45) is 0.507. The van der Waals surface area contributed by atoms with Crippen LogP contribution in [0.3, 0.4) is 0 Å². The van der Waals surface area contributed by atoms with Crippen LogP contribution < -0.4 is 5.32 Å². The number of carbonyl (C=O) groups is 2. The number of Topliss-reactive ketones (excluding diaryl/α,β-unsaturated/α-hetero) is 1. The molecule has 1 heterocycles. The fourth-order valence-electron chi connectivity index (χ4n) is 2.83. The van der Waals surface area contributed by atoms with Gasteiger partial charge in [-0.05, 0) is 38.7 Å². The van der Waals surface area contributed by atoms with E-state index >= 15 is 0 Å². The quantitative estimate of drug-likeness (QED) is 0.668. The van der Waals surface area contributed by atoms with E-state index in [0.29, 0.717) is 12.3 Å². The van der Waals surface area contributed by atoms with Crippen molar-refractivity contribution in [2.45, 2.75) is 58.8 Å². The van der Waals surface area contributed by atoms with E-state index in [1.807, 2.05) is 37.3 Å². The normalized spacial score (nSPS) is 12.2. The maximum Gasteiger partial charge on any atom is 0.231 e. The first-order valence-corrected chi connectivity index (χ1v) is 10.3. The second kappa shape index (κ2) is 9.74. The first-order valence-electron chi connectivity index (χ1n) is 9.28. The highest BCUT2D eigenvalue weighted by atomic mass is 32.2. The summed E-state index contributed by atoms with van der Waals surface area (Å²) in [4.78, 5) is 29.0. The third-order valence-corrected chi connectivity index (χ3v) is 5.39.